The summed E-state index contributed by atoms with van der Waals surface area (Å²) in [6.45, 7) is 3.47. The largest absolute Gasteiger partial charge is 0.495 e. The number of nitrogens with one attached hydrogen (secondary N) is 2. The lowest BCUT2D eigenvalue weighted by Gasteiger charge is -2.29. The molecule has 0 amide bonds. The molecule has 2 aromatic carbocycles. The van der Waals surface area contributed by atoms with Crippen molar-refractivity contribution < 1.29 is 14.2 Å². The number of pyridine rings is 2. The maximum Gasteiger partial charge on any atom is 0.250 e. The summed E-state index contributed by atoms with van der Waals surface area (Å²) in [5.41, 5.74) is 4.37. The molecule has 188 valence electrons. The van der Waals surface area contributed by atoms with E-state index in [0.717, 1.165) is 68.3 Å². The number of nitrogens with zero attached hydrogens (tertiary/aromatic N) is 2. The highest BCUT2D eigenvalue weighted by Crippen LogP contribution is 2.51. The number of ether oxygens (including phenoxy) is 3. The molecule has 37 heavy (non-hydrogen) atoms. The molecule has 0 unspecified atom stereocenters. The van der Waals surface area contributed by atoms with Crippen LogP contribution in [0.15, 0.2) is 81.6 Å². The van der Waals surface area contributed by atoms with Crippen molar-refractivity contribution in [3.8, 4) is 28.5 Å². The molecule has 6 rings (SSSR count). The summed E-state index contributed by atoms with van der Waals surface area (Å²) in [7, 11) is 1.64. The van der Waals surface area contributed by atoms with Crippen molar-refractivity contribution in [3.05, 3.63) is 82.9 Å². The molecule has 0 atom stereocenters. The van der Waals surface area contributed by atoms with E-state index in [2.05, 4.69) is 26.3 Å². The van der Waals surface area contributed by atoms with Gasteiger partial charge < -0.3 is 29.4 Å². The van der Waals surface area contributed by atoms with Crippen LogP contribution < -0.4 is 25.2 Å². The fraction of sp³-hybridized carbons (Fsp3) is 0.214. The molecule has 2 aromatic heterocycles. The Kier molecular flexibility index (Phi) is 6.46. The first-order valence-electron chi connectivity index (χ1n) is 12.1. The Bertz CT molecular complexity index is 1500. The number of anilines is 2. The number of aromatic nitrogens is 2. The minimum Gasteiger partial charge on any atom is -0.495 e. The second-order valence-electron chi connectivity index (χ2n) is 8.80. The van der Waals surface area contributed by atoms with Gasteiger partial charge in [0.25, 0.3) is 0 Å². The molecule has 0 aliphatic carbocycles. The summed E-state index contributed by atoms with van der Waals surface area (Å²) < 4.78 is 17.1. The van der Waals surface area contributed by atoms with Gasteiger partial charge in [-0.15, -0.1) is 0 Å². The SMILES string of the molecule is COc1cncc(CNc2ccc3c(c2)Sc2cccc(-c4cc(N5CCOCC5)cc(=O)[nH]4)c2O3)c1. The fourth-order valence-corrected chi connectivity index (χ4v) is 5.50. The lowest BCUT2D eigenvalue weighted by molar-refractivity contribution is 0.122. The molecular weight excluding hydrogens is 488 g/mol. The molecule has 0 radical (unpaired) electrons. The van der Waals surface area contributed by atoms with Gasteiger partial charge in [0.15, 0.2) is 5.75 Å². The summed E-state index contributed by atoms with van der Waals surface area (Å²) >= 11 is 1.65. The van der Waals surface area contributed by atoms with E-state index in [1.54, 1.807) is 31.1 Å². The first kappa shape index (κ1) is 23.4. The molecular formula is C28H26N4O4S. The number of hydrogen-bond donors (Lipinski definition) is 2. The Labute approximate surface area is 218 Å². The van der Waals surface area contributed by atoms with Crippen LogP contribution in [0.1, 0.15) is 5.56 Å². The molecule has 1 saturated heterocycles. The van der Waals surface area contributed by atoms with Crippen LogP contribution in [0.3, 0.4) is 0 Å². The third-order valence-corrected chi connectivity index (χ3v) is 7.43. The zero-order chi connectivity index (χ0) is 25.2. The standard InChI is InChI=1S/C28H26N4O4S/c1-34-21-11-18(15-29-17-21)16-30-19-5-6-24-26(12-19)37-25-4-2-3-22(28(25)36-24)23-13-20(14-27(33)31-23)32-7-9-35-10-8-32/h2-6,11-15,17,30H,7-10,16H2,1H3,(H,31,33). The van der Waals surface area contributed by atoms with E-state index in [4.69, 9.17) is 14.2 Å². The van der Waals surface area contributed by atoms with Crippen molar-refractivity contribution in [2.45, 2.75) is 16.3 Å². The normalized spacial score (nSPS) is 14.4. The Morgan fingerprint density at radius 2 is 1.97 bits per heavy atom. The van der Waals surface area contributed by atoms with E-state index in [9.17, 15) is 4.79 Å². The van der Waals surface area contributed by atoms with Crippen molar-refractivity contribution in [1.82, 2.24) is 9.97 Å². The van der Waals surface area contributed by atoms with E-state index < -0.39 is 0 Å². The van der Waals surface area contributed by atoms with Gasteiger partial charge in [0.1, 0.15) is 11.5 Å². The van der Waals surface area contributed by atoms with Crippen LogP contribution in [0.5, 0.6) is 17.2 Å². The smallest absolute Gasteiger partial charge is 0.250 e. The van der Waals surface area contributed by atoms with Gasteiger partial charge in [-0.1, -0.05) is 17.8 Å². The summed E-state index contributed by atoms with van der Waals surface area (Å²) in [5.74, 6) is 2.26. The van der Waals surface area contributed by atoms with E-state index in [1.807, 2.05) is 48.7 Å². The van der Waals surface area contributed by atoms with E-state index in [0.29, 0.717) is 19.8 Å². The Morgan fingerprint density at radius 3 is 2.84 bits per heavy atom. The summed E-state index contributed by atoms with van der Waals surface area (Å²) in [5, 5.41) is 3.45. The Morgan fingerprint density at radius 1 is 1.08 bits per heavy atom. The maximum atomic E-state index is 12.6. The number of H-pyrrole nitrogens is 1. The van der Waals surface area contributed by atoms with Crippen LogP contribution in [-0.4, -0.2) is 43.4 Å². The number of morpholine rings is 1. The molecule has 2 aliphatic heterocycles. The summed E-state index contributed by atoms with van der Waals surface area (Å²) in [6, 6.07) is 17.7. The molecule has 0 bridgehead atoms. The molecule has 1 fully saturated rings. The molecule has 9 heteroatoms. The number of aromatic amines is 1. The van der Waals surface area contributed by atoms with Crippen molar-refractivity contribution in [1.29, 1.82) is 0 Å². The number of benzene rings is 2. The van der Waals surface area contributed by atoms with Gasteiger partial charge >= 0.3 is 0 Å². The molecule has 4 heterocycles. The predicted octanol–water partition coefficient (Wildman–Crippen LogP) is 5.15. The quantitative estimate of drug-likeness (QED) is 0.322. The molecule has 0 spiro atoms. The fourth-order valence-electron chi connectivity index (χ4n) is 4.48. The van der Waals surface area contributed by atoms with Crippen LogP contribution >= 0.6 is 11.8 Å². The highest BCUT2D eigenvalue weighted by atomic mass is 32.2. The Balaban J connectivity index is 1.25. The lowest BCUT2D eigenvalue weighted by atomic mass is 10.1. The van der Waals surface area contributed by atoms with Crippen LogP contribution in [0, 0.1) is 0 Å². The minimum absolute atomic E-state index is 0.137. The number of rotatable bonds is 6. The number of para-hydroxylation sites is 1. The minimum atomic E-state index is -0.137. The molecule has 0 saturated carbocycles. The van der Waals surface area contributed by atoms with Crippen LogP contribution in [-0.2, 0) is 11.3 Å². The molecule has 2 aliphatic rings. The average Bonchev–Trinajstić information content (AvgIpc) is 2.95. The van der Waals surface area contributed by atoms with E-state index in [1.165, 1.54) is 0 Å². The zero-order valence-electron chi connectivity index (χ0n) is 20.3. The first-order chi connectivity index (χ1) is 18.2. The van der Waals surface area contributed by atoms with Crippen molar-refractivity contribution >= 4 is 23.1 Å². The second kappa shape index (κ2) is 10.2. The second-order valence-corrected chi connectivity index (χ2v) is 9.88. The Hall–Kier alpha value is -3.95. The summed E-state index contributed by atoms with van der Waals surface area (Å²) in [4.78, 5) is 24.0. The third-order valence-electron chi connectivity index (χ3n) is 6.35. The molecule has 2 N–H and O–H groups in total. The molecule has 8 nitrogen and oxygen atoms in total. The average molecular weight is 515 g/mol. The van der Waals surface area contributed by atoms with Gasteiger partial charge in [0, 0.05) is 48.8 Å². The third kappa shape index (κ3) is 5.00. The van der Waals surface area contributed by atoms with Crippen LogP contribution in [0.2, 0.25) is 0 Å². The van der Waals surface area contributed by atoms with E-state index in [-0.39, 0.29) is 5.56 Å². The van der Waals surface area contributed by atoms with Gasteiger partial charge in [0.2, 0.25) is 5.56 Å². The lowest BCUT2D eigenvalue weighted by Crippen LogP contribution is -2.36. The topological polar surface area (TPSA) is 88.7 Å². The monoisotopic (exact) mass is 514 g/mol. The highest BCUT2D eigenvalue weighted by Gasteiger charge is 2.23. The number of hydrogen-bond acceptors (Lipinski definition) is 8. The van der Waals surface area contributed by atoms with Gasteiger partial charge in [-0.05, 0) is 48.0 Å². The number of fused-ring (bicyclic) bond motifs is 2. The predicted molar refractivity (Wildman–Crippen MR) is 144 cm³/mol. The maximum absolute atomic E-state index is 12.6. The van der Waals surface area contributed by atoms with E-state index >= 15 is 0 Å². The van der Waals surface area contributed by atoms with Gasteiger partial charge in [-0.2, -0.15) is 0 Å². The number of methoxy groups -OCH3 is 1. The summed E-state index contributed by atoms with van der Waals surface area (Å²) in [6.07, 6.45) is 3.51. The van der Waals surface area contributed by atoms with Crippen molar-refractivity contribution in [2.24, 2.45) is 0 Å². The van der Waals surface area contributed by atoms with Gasteiger partial charge in [0.05, 0.1) is 42.0 Å². The molecule has 4 aromatic rings. The van der Waals surface area contributed by atoms with Crippen molar-refractivity contribution in [2.75, 3.05) is 43.6 Å². The van der Waals surface area contributed by atoms with Gasteiger partial charge in [-0.25, -0.2) is 0 Å². The zero-order valence-corrected chi connectivity index (χ0v) is 21.1. The van der Waals surface area contributed by atoms with Crippen molar-refractivity contribution in [3.63, 3.8) is 0 Å². The van der Waals surface area contributed by atoms with Crippen LogP contribution in [0.25, 0.3) is 11.3 Å². The van der Waals surface area contributed by atoms with Crippen LogP contribution in [0.4, 0.5) is 11.4 Å². The highest BCUT2D eigenvalue weighted by molar-refractivity contribution is 7.99. The first-order valence-corrected chi connectivity index (χ1v) is 12.9. The van der Waals surface area contributed by atoms with Gasteiger partial charge in [-0.3, -0.25) is 9.78 Å².